The van der Waals surface area contributed by atoms with Gasteiger partial charge in [-0.05, 0) is 81.4 Å². The minimum absolute atomic E-state index is 0.0210. The molecule has 6 nitrogen and oxygen atoms in total. The molecule has 6 heteroatoms. The Kier molecular flexibility index (Phi) is 5.19. The minimum atomic E-state index is -0.175. The fraction of sp³-hybridized carbons (Fsp3) is 0.619. The first-order valence-corrected chi connectivity index (χ1v) is 10.2. The molecule has 4 rings (SSSR count). The fourth-order valence-corrected chi connectivity index (χ4v) is 4.81. The molecule has 1 aliphatic carbocycles. The molecule has 2 amide bonds. The summed E-state index contributed by atoms with van der Waals surface area (Å²) < 4.78 is 0. The fourth-order valence-electron chi connectivity index (χ4n) is 4.81. The van der Waals surface area contributed by atoms with Gasteiger partial charge in [0.05, 0.1) is 0 Å². The van der Waals surface area contributed by atoms with Crippen LogP contribution in [0, 0.1) is 17.3 Å². The van der Waals surface area contributed by atoms with Gasteiger partial charge in [0.2, 0.25) is 11.8 Å². The molecule has 0 radical (unpaired) electrons. The molecule has 0 bridgehead atoms. The van der Waals surface area contributed by atoms with Crippen molar-refractivity contribution in [1.29, 1.82) is 0 Å². The molecule has 1 aromatic rings. The summed E-state index contributed by atoms with van der Waals surface area (Å²) in [5, 5.41) is 6.52. The van der Waals surface area contributed by atoms with Crippen LogP contribution in [0.4, 0.5) is 5.69 Å². The molecule has 3 aliphatic rings. The van der Waals surface area contributed by atoms with Crippen LogP contribution in [0.25, 0.3) is 0 Å². The highest BCUT2D eigenvalue weighted by Gasteiger charge is 2.57. The first-order chi connectivity index (χ1) is 13.1. The lowest BCUT2D eigenvalue weighted by molar-refractivity contribution is -0.123. The highest BCUT2D eigenvalue weighted by Crippen LogP contribution is 2.58. The van der Waals surface area contributed by atoms with E-state index in [2.05, 4.69) is 27.7 Å². The van der Waals surface area contributed by atoms with Gasteiger partial charge in [0.1, 0.15) is 0 Å². The van der Waals surface area contributed by atoms with Crippen LogP contribution in [0.2, 0.25) is 0 Å². The van der Waals surface area contributed by atoms with E-state index in [4.69, 9.17) is 5.73 Å². The largest absolute Gasteiger partial charge is 0.369 e. The summed E-state index contributed by atoms with van der Waals surface area (Å²) in [6.45, 7) is 4.69. The zero-order chi connectivity index (χ0) is 18.9. The van der Waals surface area contributed by atoms with Gasteiger partial charge >= 0.3 is 0 Å². The second-order valence-electron chi connectivity index (χ2n) is 8.51. The molecule has 2 aliphatic heterocycles. The van der Waals surface area contributed by atoms with Crippen molar-refractivity contribution < 1.29 is 9.59 Å². The topological polar surface area (TPSA) is 87.5 Å². The first-order valence-electron chi connectivity index (χ1n) is 10.2. The van der Waals surface area contributed by atoms with E-state index in [1.54, 1.807) is 0 Å². The highest BCUT2D eigenvalue weighted by atomic mass is 16.2. The molecular weight excluding hydrogens is 340 g/mol. The minimum Gasteiger partial charge on any atom is -0.369 e. The second-order valence-corrected chi connectivity index (χ2v) is 8.51. The van der Waals surface area contributed by atoms with E-state index in [0.29, 0.717) is 0 Å². The SMILES string of the molecule is NC(=O)C1CCN(Cc2cccc(NC(=O)C3CC34CCNCC4)c2)CC1. The van der Waals surface area contributed by atoms with Gasteiger partial charge in [-0.15, -0.1) is 0 Å². The lowest BCUT2D eigenvalue weighted by Gasteiger charge is -2.30. The van der Waals surface area contributed by atoms with Crippen LogP contribution in [-0.2, 0) is 16.1 Å². The van der Waals surface area contributed by atoms with E-state index in [9.17, 15) is 9.59 Å². The summed E-state index contributed by atoms with van der Waals surface area (Å²) >= 11 is 0. The van der Waals surface area contributed by atoms with Crippen LogP contribution in [0.1, 0.15) is 37.7 Å². The number of benzene rings is 1. The molecular formula is C21H30N4O2. The molecule has 1 aromatic carbocycles. The molecule has 0 aromatic heterocycles. The number of piperidine rings is 2. The maximum Gasteiger partial charge on any atom is 0.228 e. The van der Waals surface area contributed by atoms with Crippen LogP contribution in [0.15, 0.2) is 24.3 Å². The number of nitrogens with zero attached hydrogens (tertiary/aromatic N) is 1. The van der Waals surface area contributed by atoms with Crippen molar-refractivity contribution in [1.82, 2.24) is 10.2 Å². The maximum absolute atomic E-state index is 12.7. The zero-order valence-electron chi connectivity index (χ0n) is 15.9. The molecule has 27 heavy (non-hydrogen) atoms. The number of anilines is 1. The van der Waals surface area contributed by atoms with Gasteiger partial charge in [0, 0.05) is 24.1 Å². The summed E-state index contributed by atoms with van der Waals surface area (Å²) in [6.07, 6.45) is 4.95. The molecule has 1 saturated carbocycles. The molecule has 2 saturated heterocycles. The third-order valence-electron chi connectivity index (χ3n) is 6.70. The van der Waals surface area contributed by atoms with Gasteiger partial charge in [-0.1, -0.05) is 12.1 Å². The average Bonchev–Trinajstić information content (AvgIpc) is 3.36. The van der Waals surface area contributed by atoms with E-state index in [1.165, 1.54) is 5.56 Å². The van der Waals surface area contributed by atoms with Gasteiger partial charge < -0.3 is 16.4 Å². The van der Waals surface area contributed by atoms with Gasteiger partial charge in [-0.25, -0.2) is 0 Å². The zero-order valence-corrected chi connectivity index (χ0v) is 15.9. The number of carbonyl (C=O) groups excluding carboxylic acids is 2. The smallest absolute Gasteiger partial charge is 0.228 e. The Morgan fingerprint density at radius 3 is 2.67 bits per heavy atom. The summed E-state index contributed by atoms with van der Waals surface area (Å²) in [7, 11) is 0. The van der Waals surface area contributed by atoms with Gasteiger partial charge in [0.15, 0.2) is 0 Å². The van der Waals surface area contributed by atoms with Crippen molar-refractivity contribution in [2.45, 2.75) is 38.6 Å². The Bertz CT molecular complexity index is 706. The van der Waals surface area contributed by atoms with Crippen molar-refractivity contribution in [3.63, 3.8) is 0 Å². The summed E-state index contributed by atoms with van der Waals surface area (Å²) in [5.74, 6) is 0.200. The highest BCUT2D eigenvalue weighted by molar-refractivity contribution is 5.95. The molecule has 4 N–H and O–H groups in total. The van der Waals surface area contributed by atoms with Crippen LogP contribution >= 0.6 is 0 Å². The third-order valence-corrected chi connectivity index (χ3v) is 6.70. The lowest BCUT2D eigenvalue weighted by atomic mass is 9.92. The quantitative estimate of drug-likeness (QED) is 0.736. The first kappa shape index (κ1) is 18.4. The van der Waals surface area contributed by atoms with Gasteiger partial charge in [0.25, 0.3) is 0 Å². The Labute approximate surface area is 160 Å². The van der Waals surface area contributed by atoms with Gasteiger partial charge in [-0.3, -0.25) is 14.5 Å². The maximum atomic E-state index is 12.7. The molecule has 1 unspecified atom stereocenters. The Balaban J connectivity index is 1.30. The van der Waals surface area contributed by atoms with Crippen molar-refractivity contribution >= 4 is 17.5 Å². The molecule has 146 valence electrons. The standard InChI is InChI=1S/C21H30N4O2/c22-19(26)16-4-10-25(11-5-16)14-15-2-1-3-17(12-15)24-20(27)18-13-21(18)6-8-23-9-7-21/h1-3,12,16,18,23H,4-11,13-14H2,(H2,22,26)(H,24,27). The molecule has 2 heterocycles. The number of likely N-dealkylation sites (tertiary alicyclic amines) is 1. The Hall–Kier alpha value is -1.92. The van der Waals surface area contributed by atoms with Crippen LogP contribution in [0.3, 0.4) is 0 Å². The summed E-state index contributed by atoms with van der Waals surface area (Å²) in [5.41, 5.74) is 7.75. The third kappa shape index (κ3) is 4.17. The van der Waals surface area contributed by atoms with Crippen LogP contribution in [-0.4, -0.2) is 42.9 Å². The van der Waals surface area contributed by atoms with E-state index >= 15 is 0 Å². The number of primary amides is 1. The summed E-state index contributed by atoms with van der Waals surface area (Å²) in [4.78, 5) is 26.3. The van der Waals surface area contributed by atoms with E-state index < -0.39 is 0 Å². The average molecular weight is 370 g/mol. The Morgan fingerprint density at radius 1 is 1.22 bits per heavy atom. The number of nitrogens with two attached hydrogens (primary N) is 1. The number of hydrogen-bond acceptors (Lipinski definition) is 4. The Morgan fingerprint density at radius 2 is 1.96 bits per heavy atom. The van der Waals surface area contributed by atoms with Crippen molar-refractivity contribution in [3.05, 3.63) is 29.8 Å². The second kappa shape index (κ2) is 7.60. The van der Waals surface area contributed by atoms with E-state index in [0.717, 1.165) is 70.5 Å². The number of hydrogen-bond donors (Lipinski definition) is 3. The molecule has 1 atom stereocenters. The van der Waals surface area contributed by atoms with E-state index in [1.807, 2.05) is 12.1 Å². The number of carbonyl (C=O) groups is 2. The number of amides is 2. The number of nitrogens with one attached hydrogen (secondary N) is 2. The molecule has 1 spiro atoms. The lowest BCUT2D eigenvalue weighted by Crippen LogP contribution is -2.38. The van der Waals surface area contributed by atoms with Crippen molar-refractivity contribution in [3.8, 4) is 0 Å². The number of rotatable bonds is 5. The van der Waals surface area contributed by atoms with Crippen molar-refractivity contribution in [2.24, 2.45) is 23.0 Å². The van der Waals surface area contributed by atoms with Crippen molar-refractivity contribution in [2.75, 3.05) is 31.5 Å². The molecule has 3 fully saturated rings. The van der Waals surface area contributed by atoms with Crippen LogP contribution < -0.4 is 16.4 Å². The normalized spacial score (nSPS) is 25.3. The monoisotopic (exact) mass is 370 g/mol. The summed E-state index contributed by atoms with van der Waals surface area (Å²) in [6, 6.07) is 8.16. The predicted octanol–water partition coefficient (Wildman–Crippen LogP) is 1.71. The van der Waals surface area contributed by atoms with Gasteiger partial charge in [-0.2, -0.15) is 0 Å². The van der Waals surface area contributed by atoms with E-state index in [-0.39, 0.29) is 29.1 Å². The van der Waals surface area contributed by atoms with Crippen LogP contribution in [0.5, 0.6) is 0 Å². The predicted molar refractivity (Wildman–Crippen MR) is 105 cm³/mol.